The van der Waals surface area contributed by atoms with Gasteiger partial charge in [-0.2, -0.15) is 0 Å². The normalized spacial score (nSPS) is 11.0. The zero-order valence-corrected chi connectivity index (χ0v) is 14.8. The van der Waals surface area contributed by atoms with E-state index in [2.05, 4.69) is 29.0 Å². The number of carbonyl (C=O) groups excluding carboxylic acids is 1. The summed E-state index contributed by atoms with van der Waals surface area (Å²) in [5, 5.41) is 0. The van der Waals surface area contributed by atoms with Crippen molar-refractivity contribution in [1.82, 2.24) is 9.47 Å². The molecule has 0 radical (unpaired) electrons. The van der Waals surface area contributed by atoms with Crippen LogP contribution in [0.3, 0.4) is 0 Å². The molecule has 25 heavy (non-hydrogen) atoms. The molecule has 0 aliphatic carbocycles. The maximum Gasteiger partial charge on any atom is 0.225 e. The van der Waals surface area contributed by atoms with E-state index in [4.69, 9.17) is 4.42 Å². The number of carbonyl (C=O) groups is 1. The standard InChI is InChI=1S/C21H24N2O2/c1-17(2)21(24)23(16-20-11-7-13-25-20)15-19-10-6-12-22(19)14-18-8-4-3-5-9-18/h3-13,17H,14-16H2,1-2H3. The second kappa shape index (κ2) is 7.88. The van der Waals surface area contributed by atoms with Gasteiger partial charge < -0.3 is 13.9 Å². The molecule has 0 unspecified atom stereocenters. The van der Waals surface area contributed by atoms with Gasteiger partial charge in [0.25, 0.3) is 0 Å². The van der Waals surface area contributed by atoms with Gasteiger partial charge in [-0.05, 0) is 29.8 Å². The molecule has 1 aromatic carbocycles. The van der Waals surface area contributed by atoms with Crippen LogP contribution >= 0.6 is 0 Å². The van der Waals surface area contributed by atoms with Gasteiger partial charge in [-0.1, -0.05) is 44.2 Å². The Labute approximate surface area is 148 Å². The summed E-state index contributed by atoms with van der Waals surface area (Å²) in [5.41, 5.74) is 2.36. The van der Waals surface area contributed by atoms with Crippen molar-refractivity contribution < 1.29 is 9.21 Å². The molecule has 3 aromatic rings. The van der Waals surface area contributed by atoms with Crippen LogP contribution in [0.25, 0.3) is 0 Å². The zero-order valence-electron chi connectivity index (χ0n) is 14.8. The Morgan fingerprint density at radius 1 is 1.04 bits per heavy atom. The predicted molar refractivity (Wildman–Crippen MR) is 97.8 cm³/mol. The summed E-state index contributed by atoms with van der Waals surface area (Å²) in [7, 11) is 0. The first kappa shape index (κ1) is 17.1. The van der Waals surface area contributed by atoms with Gasteiger partial charge in [-0.25, -0.2) is 0 Å². The number of rotatable bonds is 7. The van der Waals surface area contributed by atoms with Crippen LogP contribution in [0.15, 0.2) is 71.5 Å². The van der Waals surface area contributed by atoms with Crippen LogP contribution in [0.2, 0.25) is 0 Å². The highest BCUT2D eigenvalue weighted by atomic mass is 16.3. The molecule has 0 fully saturated rings. The molecule has 0 aliphatic heterocycles. The van der Waals surface area contributed by atoms with E-state index in [0.717, 1.165) is 18.0 Å². The number of furan rings is 1. The van der Waals surface area contributed by atoms with Gasteiger partial charge in [-0.15, -0.1) is 0 Å². The smallest absolute Gasteiger partial charge is 0.225 e. The third kappa shape index (κ3) is 4.41. The third-order valence-corrected chi connectivity index (χ3v) is 4.20. The summed E-state index contributed by atoms with van der Waals surface area (Å²) in [5.74, 6) is 0.881. The van der Waals surface area contributed by atoms with E-state index in [1.807, 2.05) is 55.1 Å². The highest BCUT2D eigenvalue weighted by Gasteiger charge is 2.20. The summed E-state index contributed by atoms with van der Waals surface area (Å²) in [6, 6.07) is 18.2. The molecular weight excluding hydrogens is 312 g/mol. The molecule has 0 atom stereocenters. The van der Waals surface area contributed by atoms with Crippen molar-refractivity contribution in [2.24, 2.45) is 5.92 Å². The SMILES string of the molecule is CC(C)C(=O)N(Cc1ccco1)Cc1cccn1Cc1ccccc1. The number of nitrogens with zero attached hydrogens (tertiary/aromatic N) is 2. The van der Waals surface area contributed by atoms with Crippen LogP contribution in [-0.4, -0.2) is 15.4 Å². The fourth-order valence-corrected chi connectivity index (χ4v) is 2.89. The topological polar surface area (TPSA) is 38.4 Å². The summed E-state index contributed by atoms with van der Waals surface area (Å²) < 4.78 is 7.63. The molecule has 0 saturated carbocycles. The molecule has 2 aromatic heterocycles. The first-order valence-electron chi connectivity index (χ1n) is 8.62. The molecule has 0 saturated heterocycles. The Morgan fingerprint density at radius 2 is 1.84 bits per heavy atom. The van der Waals surface area contributed by atoms with Crippen molar-refractivity contribution >= 4 is 5.91 Å². The Bertz CT molecular complexity index is 788. The molecule has 0 aliphatic rings. The quantitative estimate of drug-likeness (QED) is 0.645. The number of benzene rings is 1. The van der Waals surface area contributed by atoms with Crippen LogP contribution in [0.1, 0.15) is 30.9 Å². The highest BCUT2D eigenvalue weighted by molar-refractivity contribution is 5.78. The minimum Gasteiger partial charge on any atom is -0.467 e. The molecular formula is C21H24N2O2. The molecule has 0 N–H and O–H groups in total. The van der Waals surface area contributed by atoms with Crippen LogP contribution in [-0.2, 0) is 24.4 Å². The average molecular weight is 336 g/mol. The lowest BCUT2D eigenvalue weighted by molar-refractivity contribution is -0.136. The van der Waals surface area contributed by atoms with Crippen molar-refractivity contribution in [1.29, 1.82) is 0 Å². The summed E-state index contributed by atoms with van der Waals surface area (Å²) >= 11 is 0. The first-order valence-corrected chi connectivity index (χ1v) is 8.62. The molecule has 0 bridgehead atoms. The molecule has 2 heterocycles. The van der Waals surface area contributed by atoms with Crippen molar-refractivity contribution in [3.8, 4) is 0 Å². The fourth-order valence-electron chi connectivity index (χ4n) is 2.89. The molecule has 130 valence electrons. The largest absolute Gasteiger partial charge is 0.467 e. The van der Waals surface area contributed by atoms with E-state index in [9.17, 15) is 4.79 Å². The highest BCUT2D eigenvalue weighted by Crippen LogP contribution is 2.16. The Morgan fingerprint density at radius 3 is 2.52 bits per heavy atom. The van der Waals surface area contributed by atoms with Gasteiger partial charge in [-0.3, -0.25) is 4.79 Å². The fraction of sp³-hybridized carbons (Fsp3) is 0.286. The van der Waals surface area contributed by atoms with Crippen LogP contribution in [0.4, 0.5) is 0 Å². The Hall–Kier alpha value is -2.75. The monoisotopic (exact) mass is 336 g/mol. The van der Waals surface area contributed by atoms with Crippen molar-refractivity contribution in [3.63, 3.8) is 0 Å². The lowest BCUT2D eigenvalue weighted by Crippen LogP contribution is -2.34. The number of amides is 1. The average Bonchev–Trinajstić information content (AvgIpc) is 3.27. The third-order valence-electron chi connectivity index (χ3n) is 4.20. The van der Waals surface area contributed by atoms with Gasteiger partial charge in [0.1, 0.15) is 5.76 Å². The van der Waals surface area contributed by atoms with Crippen molar-refractivity contribution in [2.45, 2.75) is 33.5 Å². The molecule has 0 spiro atoms. The van der Waals surface area contributed by atoms with E-state index >= 15 is 0 Å². The molecule has 1 amide bonds. The van der Waals surface area contributed by atoms with Crippen LogP contribution < -0.4 is 0 Å². The van der Waals surface area contributed by atoms with Crippen molar-refractivity contribution in [2.75, 3.05) is 0 Å². The van der Waals surface area contributed by atoms with Gasteiger partial charge >= 0.3 is 0 Å². The van der Waals surface area contributed by atoms with Crippen LogP contribution in [0, 0.1) is 5.92 Å². The maximum atomic E-state index is 12.6. The van der Waals surface area contributed by atoms with Crippen LogP contribution in [0.5, 0.6) is 0 Å². The van der Waals surface area contributed by atoms with E-state index in [1.54, 1.807) is 6.26 Å². The molecule has 4 nitrogen and oxygen atoms in total. The van der Waals surface area contributed by atoms with Crippen molar-refractivity contribution in [3.05, 3.63) is 84.1 Å². The lowest BCUT2D eigenvalue weighted by atomic mass is 10.1. The first-order chi connectivity index (χ1) is 12.1. The maximum absolute atomic E-state index is 12.6. The van der Waals surface area contributed by atoms with E-state index in [-0.39, 0.29) is 11.8 Å². The minimum atomic E-state index is -0.0486. The summed E-state index contributed by atoms with van der Waals surface area (Å²) in [6.07, 6.45) is 3.71. The minimum absolute atomic E-state index is 0.0486. The lowest BCUT2D eigenvalue weighted by Gasteiger charge is -2.24. The van der Waals surface area contributed by atoms with Gasteiger partial charge in [0.15, 0.2) is 0 Å². The Kier molecular flexibility index (Phi) is 5.39. The summed E-state index contributed by atoms with van der Waals surface area (Å²) in [6.45, 7) is 5.71. The summed E-state index contributed by atoms with van der Waals surface area (Å²) in [4.78, 5) is 14.5. The second-order valence-electron chi connectivity index (χ2n) is 6.54. The number of hydrogen-bond acceptors (Lipinski definition) is 2. The predicted octanol–water partition coefficient (Wildman–Crippen LogP) is 4.31. The Balaban J connectivity index is 1.77. The zero-order chi connectivity index (χ0) is 17.6. The van der Waals surface area contributed by atoms with Gasteiger partial charge in [0, 0.05) is 24.4 Å². The second-order valence-corrected chi connectivity index (χ2v) is 6.54. The molecule has 3 rings (SSSR count). The number of hydrogen-bond donors (Lipinski definition) is 0. The molecule has 4 heteroatoms. The van der Waals surface area contributed by atoms with E-state index < -0.39 is 0 Å². The van der Waals surface area contributed by atoms with E-state index in [1.165, 1.54) is 5.56 Å². The van der Waals surface area contributed by atoms with E-state index in [0.29, 0.717) is 13.1 Å². The number of aromatic nitrogens is 1. The van der Waals surface area contributed by atoms with Gasteiger partial charge in [0.05, 0.1) is 19.4 Å². The van der Waals surface area contributed by atoms with Gasteiger partial charge in [0.2, 0.25) is 5.91 Å².